The topological polar surface area (TPSA) is 62.7 Å². The lowest BCUT2D eigenvalue weighted by Gasteiger charge is -2.36. The number of halogens is 1. The van der Waals surface area contributed by atoms with Crippen molar-refractivity contribution in [1.29, 1.82) is 0 Å². The molecule has 1 fully saturated rings. The van der Waals surface area contributed by atoms with Gasteiger partial charge in [0.1, 0.15) is 0 Å². The second kappa shape index (κ2) is 7.98. The zero-order chi connectivity index (χ0) is 17.6. The van der Waals surface area contributed by atoms with Gasteiger partial charge in [-0.2, -0.15) is 0 Å². The number of piperazine rings is 1. The van der Waals surface area contributed by atoms with Gasteiger partial charge in [-0.15, -0.1) is 0 Å². The van der Waals surface area contributed by atoms with Gasteiger partial charge in [-0.3, -0.25) is 9.78 Å². The fourth-order valence-corrected chi connectivity index (χ4v) is 2.86. The summed E-state index contributed by atoms with van der Waals surface area (Å²) in [6.45, 7) is 2.34. The maximum absolute atomic E-state index is 12.2. The molecular weight excluding hydrogens is 342 g/mol. The summed E-state index contributed by atoms with van der Waals surface area (Å²) in [7, 11) is 0. The molecule has 1 saturated heterocycles. The van der Waals surface area contributed by atoms with E-state index in [0.29, 0.717) is 36.8 Å². The Morgan fingerprint density at radius 3 is 2.48 bits per heavy atom. The highest BCUT2D eigenvalue weighted by Gasteiger charge is 2.22. The first-order chi connectivity index (χ1) is 12.1. The highest BCUT2D eigenvalue weighted by molar-refractivity contribution is 6.30. The molecular formula is C18H18ClN3O3. The number of nitrogens with zero attached hydrogens (tertiary/aromatic N) is 3. The van der Waals surface area contributed by atoms with Crippen LogP contribution < -0.4 is 4.90 Å². The number of pyridine rings is 1. The molecule has 0 aliphatic carbocycles. The van der Waals surface area contributed by atoms with Gasteiger partial charge in [0.2, 0.25) is 0 Å². The van der Waals surface area contributed by atoms with E-state index in [9.17, 15) is 9.59 Å². The van der Waals surface area contributed by atoms with Crippen LogP contribution >= 0.6 is 11.6 Å². The molecule has 1 aromatic carbocycles. The number of hydrogen-bond acceptors (Lipinski definition) is 5. The SMILES string of the molecule is O=C(OCC(=O)N1CCN(c2cccc(Cl)c2)CC1)c1ccncc1. The van der Waals surface area contributed by atoms with E-state index in [-0.39, 0.29) is 12.5 Å². The average molecular weight is 360 g/mol. The highest BCUT2D eigenvalue weighted by atomic mass is 35.5. The summed E-state index contributed by atoms with van der Waals surface area (Å²) in [6.07, 6.45) is 3.01. The van der Waals surface area contributed by atoms with Crippen LogP contribution in [0.5, 0.6) is 0 Å². The molecule has 0 bridgehead atoms. The Balaban J connectivity index is 1.48. The Hall–Kier alpha value is -2.60. The van der Waals surface area contributed by atoms with Crippen molar-refractivity contribution in [3.63, 3.8) is 0 Å². The molecule has 0 N–H and O–H groups in total. The zero-order valence-corrected chi connectivity index (χ0v) is 14.4. The number of anilines is 1. The third-order valence-corrected chi connectivity index (χ3v) is 4.28. The van der Waals surface area contributed by atoms with Gasteiger partial charge in [-0.1, -0.05) is 17.7 Å². The molecule has 0 radical (unpaired) electrons. The van der Waals surface area contributed by atoms with E-state index >= 15 is 0 Å². The first-order valence-corrected chi connectivity index (χ1v) is 8.37. The van der Waals surface area contributed by atoms with E-state index in [2.05, 4.69) is 9.88 Å². The van der Waals surface area contributed by atoms with Crippen molar-refractivity contribution in [1.82, 2.24) is 9.88 Å². The first kappa shape index (κ1) is 17.2. The van der Waals surface area contributed by atoms with Crippen LogP contribution in [-0.4, -0.2) is 54.5 Å². The summed E-state index contributed by atoms with van der Waals surface area (Å²) in [5, 5.41) is 0.694. The molecule has 7 heteroatoms. The molecule has 0 atom stereocenters. The molecule has 1 aliphatic heterocycles. The molecule has 1 aromatic heterocycles. The average Bonchev–Trinajstić information content (AvgIpc) is 2.66. The number of benzene rings is 1. The molecule has 1 amide bonds. The van der Waals surface area contributed by atoms with Crippen molar-refractivity contribution >= 4 is 29.2 Å². The Morgan fingerprint density at radius 2 is 1.80 bits per heavy atom. The van der Waals surface area contributed by atoms with Crippen molar-refractivity contribution in [3.8, 4) is 0 Å². The van der Waals surface area contributed by atoms with E-state index in [1.165, 1.54) is 12.4 Å². The molecule has 3 rings (SSSR count). The zero-order valence-electron chi connectivity index (χ0n) is 13.6. The summed E-state index contributed by atoms with van der Waals surface area (Å²) in [5.41, 5.74) is 1.43. The quantitative estimate of drug-likeness (QED) is 0.783. The van der Waals surface area contributed by atoms with Gasteiger partial charge >= 0.3 is 5.97 Å². The van der Waals surface area contributed by atoms with Gasteiger partial charge < -0.3 is 14.5 Å². The highest BCUT2D eigenvalue weighted by Crippen LogP contribution is 2.20. The summed E-state index contributed by atoms with van der Waals surface area (Å²) in [6, 6.07) is 10.8. The summed E-state index contributed by atoms with van der Waals surface area (Å²) in [4.78, 5) is 31.8. The van der Waals surface area contributed by atoms with Gasteiger partial charge in [0, 0.05) is 49.3 Å². The first-order valence-electron chi connectivity index (χ1n) is 7.99. The van der Waals surface area contributed by atoms with Gasteiger partial charge in [0.15, 0.2) is 6.61 Å². The number of amides is 1. The Kier molecular flexibility index (Phi) is 5.50. The standard InChI is InChI=1S/C18H18ClN3O3/c19-15-2-1-3-16(12-15)21-8-10-22(11-9-21)17(23)13-25-18(24)14-4-6-20-7-5-14/h1-7,12H,8-11,13H2. The maximum atomic E-state index is 12.2. The fourth-order valence-electron chi connectivity index (χ4n) is 2.68. The minimum absolute atomic E-state index is 0.187. The Bertz CT molecular complexity index is 746. The van der Waals surface area contributed by atoms with Gasteiger partial charge in [-0.05, 0) is 30.3 Å². The minimum atomic E-state index is -0.520. The van der Waals surface area contributed by atoms with Crippen molar-refractivity contribution in [2.24, 2.45) is 0 Å². The monoisotopic (exact) mass is 359 g/mol. The molecule has 0 saturated carbocycles. The van der Waals surface area contributed by atoms with Gasteiger partial charge in [0.25, 0.3) is 5.91 Å². The summed E-state index contributed by atoms with van der Waals surface area (Å²) in [5.74, 6) is -0.707. The molecule has 0 spiro atoms. The second-order valence-corrected chi connectivity index (χ2v) is 6.10. The van der Waals surface area contributed by atoms with E-state index < -0.39 is 5.97 Å². The number of esters is 1. The van der Waals surface area contributed by atoms with Crippen LogP contribution in [-0.2, 0) is 9.53 Å². The number of ether oxygens (including phenoxy) is 1. The lowest BCUT2D eigenvalue weighted by atomic mass is 10.2. The molecule has 2 aromatic rings. The van der Waals surface area contributed by atoms with Gasteiger partial charge in [0.05, 0.1) is 5.56 Å². The van der Waals surface area contributed by atoms with Crippen molar-refractivity contribution in [3.05, 3.63) is 59.4 Å². The van der Waals surface area contributed by atoms with E-state index in [4.69, 9.17) is 16.3 Å². The van der Waals surface area contributed by atoms with Crippen LogP contribution in [0.25, 0.3) is 0 Å². The van der Waals surface area contributed by atoms with Crippen LogP contribution in [0.2, 0.25) is 5.02 Å². The predicted octanol–water partition coefficient (Wildman–Crippen LogP) is 2.24. The minimum Gasteiger partial charge on any atom is -0.452 e. The third kappa shape index (κ3) is 4.48. The van der Waals surface area contributed by atoms with Crippen LogP contribution in [0.3, 0.4) is 0 Å². The van der Waals surface area contributed by atoms with Crippen molar-refractivity contribution in [2.75, 3.05) is 37.7 Å². The number of hydrogen-bond donors (Lipinski definition) is 0. The predicted molar refractivity (Wildman–Crippen MR) is 94.8 cm³/mol. The normalized spacial score (nSPS) is 14.3. The lowest BCUT2D eigenvalue weighted by Crippen LogP contribution is -2.49. The van der Waals surface area contributed by atoms with Crippen molar-refractivity contribution in [2.45, 2.75) is 0 Å². The molecule has 25 heavy (non-hydrogen) atoms. The fraction of sp³-hybridized carbons (Fsp3) is 0.278. The van der Waals surface area contributed by atoms with E-state index in [0.717, 1.165) is 5.69 Å². The van der Waals surface area contributed by atoms with Crippen molar-refractivity contribution < 1.29 is 14.3 Å². The largest absolute Gasteiger partial charge is 0.452 e. The van der Waals surface area contributed by atoms with Crippen LogP contribution in [0.1, 0.15) is 10.4 Å². The summed E-state index contributed by atoms with van der Waals surface area (Å²) >= 11 is 6.02. The number of rotatable bonds is 4. The van der Waals surface area contributed by atoms with Gasteiger partial charge in [-0.25, -0.2) is 4.79 Å². The van der Waals surface area contributed by atoms with Crippen LogP contribution in [0, 0.1) is 0 Å². The second-order valence-electron chi connectivity index (χ2n) is 5.66. The van der Waals surface area contributed by atoms with Crippen LogP contribution in [0.4, 0.5) is 5.69 Å². The third-order valence-electron chi connectivity index (χ3n) is 4.05. The number of aromatic nitrogens is 1. The summed E-state index contributed by atoms with van der Waals surface area (Å²) < 4.78 is 5.08. The Labute approximate surface area is 151 Å². The number of carbonyl (C=O) groups excluding carboxylic acids is 2. The van der Waals surface area contributed by atoms with Crippen LogP contribution in [0.15, 0.2) is 48.8 Å². The number of carbonyl (C=O) groups is 2. The molecule has 2 heterocycles. The molecule has 130 valence electrons. The molecule has 6 nitrogen and oxygen atoms in total. The Morgan fingerprint density at radius 1 is 1.08 bits per heavy atom. The maximum Gasteiger partial charge on any atom is 0.338 e. The molecule has 0 unspecified atom stereocenters. The van der Waals surface area contributed by atoms with E-state index in [1.807, 2.05) is 24.3 Å². The molecule has 1 aliphatic rings. The lowest BCUT2D eigenvalue weighted by molar-refractivity contribution is -0.134. The van der Waals surface area contributed by atoms with E-state index in [1.54, 1.807) is 17.0 Å². The smallest absolute Gasteiger partial charge is 0.338 e.